The maximum atomic E-state index is 13.7. The number of rotatable bonds is 4. The van der Waals surface area contributed by atoms with E-state index in [0.29, 0.717) is 0 Å². The van der Waals surface area contributed by atoms with Crippen LogP contribution in [-0.2, 0) is 12.8 Å². The molecule has 2 aliphatic rings. The molecular formula is C24H27N3O2S. The zero-order valence-corrected chi connectivity index (χ0v) is 18.2. The molecule has 1 amide bonds. The van der Waals surface area contributed by atoms with Gasteiger partial charge < -0.3 is 19.1 Å². The Bertz CT molecular complexity index is 1030. The first kappa shape index (κ1) is 19.2. The number of aromatic nitrogens is 1. The van der Waals surface area contributed by atoms with Crippen molar-refractivity contribution in [2.45, 2.75) is 25.7 Å². The third kappa shape index (κ3) is 3.39. The minimum atomic E-state index is 0.192. The van der Waals surface area contributed by atoms with Crippen molar-refractivity contribution in [3.05, 3.63) is 64.8 Å². The van der Waals surface area contributed by atoms with Crippen LogP contribution in [0.5, 0.6) is 5.75 Å². The number of thiophene rings is 1. The average Bonchev–Trinajstić information content (AvgIpc) is 3.46. The first-order chi connectivity index (χ1) is 14.8. The second-order valence-electron chi connectivity index (χ2n) is 7.93. The molecule has 5 nitrogen and oxygen atoms in total. The van der Waals surface area contributed by atoms with E-state index in [-0.39, 0.29) is 5.91 Å². The monoisotopic (exact) mass is 421 g/mol. The Morgan fingerprint density at radius 1 is 0.967 bits per heavy atom. The van der Waals surface area contributed by atoms with E-state index in [9.17, 15) is 4.79 Å². The van der Waals surface area contributed by atoms with Gasteiger partial charge in [-0.1, -0.05) is 12.1 Å². The lowest BCUT2D eigenvalue weighted by atomic mass is 9.95. The van der Waals surface area contributed by atoms with Gasteiger partial charge in [-0.2, -0.15) is 0 Å². The number of ether oxygens (including phenoxy) is 1. The summed E-state index contributed by atoms with van der Waals surface area (Å²) in [6.45, 7) is 3.09. The highest BCUT2D eigenvalue weighted by Crippen LogP contribution is 2.38. The molecule has 0 N–H and O–H groups in total. The van der Waals surface area contributed by atoms with E-state index in [1.807, 2.05) is 47.6 Å². The first-order valence-electron chi connectivity index (χ1n) is 10.7. The minimum Gasteiger partial charge on any atom is -0.495 e. The average molecular weight is 422 g/mol. The molecule has 0 saturated carbocycles. The van der Waals surface area contributed by atoms with Gasteiger partial charge >= 0.3 is 0 Å². The zero-order chi connectivity index (χ0) is 20.5. The van der Waals surface area contributed by atoms with Gasteiger partial charge in [-0.05, 0) is 55.5 Å². The van der Waals surface area contributed by atoms with E-state index < -0.39 is 0 Å². The van der Waals surface area contributed by atoms with Crippen molar-refractivity contribution in [1.82, 2.24) is 9.47 Å². The van der Waals surface area contributed by atoms with Gasteiger partial charge in [0.25, 0.3) is 5.91 Å². The molecule has 2 aromatic heterocycles. The maximum absolute atomic E-state index is 13.7. The summed E-state index contributed by atoms with van der Waals surface area (Å²) in [6.07, 6.45) is 8.63. The Morgan fingerprint density at radius 2 is 1.70 bits per heavy atom. The number of methoxy groups -OCH3 is 1. The Hall–Kier alpha value is -2.73. The van der Waals surface area contributed by atoms with E-state index >= 15 is 0 Å². The predicted molar refractivity (Wildman–Crippen MR) is 121 cm³/mol. The second-order valence-corrected chi connectivity index (χ2v) is 9.02. The summed E-state index contributed by atoms with van der Waals surface area (Å²) in [5.41, 5.74) is 3.34. The number of para-hydroxylation sites is 2. The van der Waals surface area contributed by atoms with Crippen molar-refractivity contribution in [3.8, 4) is 10.8 Å². The molecule has 0 bridgehead atoms. The fourth-order valence-electron chi connectivity index (χ4n) is 4.62. The molecule has 5 rings (SSSR count). The molecule has 6 heteroatoms. The second kappa shape index (κ2) is 8.19. The van der Waals surface area contributed by atoms with Crippen LogP contribution in [0.4, 0.5) is 5.69 Å². The van der Waals surface area contributed by atoms with Gasteiger partial charge in [-0.25, -0.2) is 0 Å². The quantitative estimate of drug-likeness (QED) is 0.627. The molecule has 30 heavy (non-hydrogen) atoms. The van der Waals surface area contributed by atoms with Crippen molar-refractivity contribution in [2.24, 2.45) is 0 Å². The van der Waals surface area contributed by atoms with Crippen LogP contribution in [0.15, 0.2) is 48.8 Å². The number of hydrogen-bond acceptors (Lipinski definition) is 4. The highest BCUT2D eigenvalue weighted by atomic mass is 32.1. The molecule has 3 aromatic rings. The van der Waals surface area contributed by atoms with E-state index in [4.69, 9.17) is 4.74 Å². The summed E-state index contributed by atoms with van der Waals surface area (Å²) < 4.78 is 7.64. The number of fused-ring (bicyclic) bond motifs is 1. The zero-order valence-electron chi connectivity index (χ0n) is 17.3. The van der Waals surface area contributed by atoms with Gasteiger partial charge in [0.2, 0.25) is 0 Å². The highest BCUT2D eigenvalue weighted by molar-refractivity contribution is 7.15. The molecule has 1 aromatic carbocycles. The molecule has 1 aliphatic heterocycles. The van der Waals surface area contributed by atoms with Crippen LogP contribution in [0.25, 0.3) is 5.00 Å². The third-order valence-corrected chi connectivity index (χ3v) is 7.50. The Morgan fingerprint density at radius 3 is 2.47 bits per heavy atom. The van der Waals surface area contributed by atoms with Gasteiger partial charge in [0.05, 0.1) is 18.4 Å². The first-order valence-corrected chi connectivity index (χ1v) is 11.5. The summed E-state index contributed by atoms with van der Waals surface area (Å²) in [4.78, 5) is 19.5. The van der Waals surface area contributed by atoms with Gasteiger partial charge in [0.15, 0.2) is 0 Å². The molecule has 0 radical (unpaired) electrons. The summed E-state index contributed by atoms with van der Waals surface area (Å²) in [7, 11) is 1.71. The molecule has 0 atom stereocenters. The lowest BCUT2D eigenvalue weighted by Crippen LogP contribution is -2.49. The van der Waals surface area contributed by atoms with Crippen LogP contribution in [0.3, 0.4) is 0 Å². The predicted octanol–water partition coefficient (Wildman–Crippen LogP) is 4.39. The fourth-order valence-corrected chi connectivity index (χ4v) is 5.97. The van der Waals surface area contributed by atoms with Gasteiger partial charge in [-0.3, -0.25) is 4.79 Å². The van der Waals surface area contributed by atoms with Crippen LogP contribution in [0.2, 0.25) is 0 Å². The normalized spacial score (nSPS) is 16.4. The number of nitrogens with zero attached hydrogens (tertiary/aromatic N) is 3. The highest BCUT2D eigenvalue weighted by Gasteiger charge is 2.31. The Balaban J connectivity index is 1.39. The van der Waals surface area contributed by atoms with Crippen LogP contribution in [0, 0.1) is 0 Å². The molecule has 156 valence electrons. The van der Waals surface area contributed by atoms with Crippen LogP contribution in [0.1, 0.15) is 33.6 Å². The number of anilines is 1. The number of hydrogen-bond donors (Lipinski definition) is 0. The molecule has 3 heterocycles. The SMILES string of the molecule is COc1ccccc1N1CCN(C(=O)c2c(-n3cccc3)sc3c2CCCC3)CC1. The Kier molecular flexibility index (Phi) is 5.25. The van der Waals surface area contributed by atoms with E-state index in [1.165, 1.54) is 23.3 Å². The molecule has 1 aliphatic carbocycles. The van der Waals surface area contributed by atoms with Crippen molar-refractivity contribution in [2.75, 3.05) is 38.2 Å². The minimum absolute atomic E-state index is 0.192. The summed E-state index contributed by atoms with van der Waals surface area (Å²) in [5.74, 6) is 1.08. The molecule has 0 unspecified atom stereocenters. The van der Waals surface area contributed by atoms with Gasteiger partial charge in [0, 0.05) is 43.4 Å². The smallest absolute Gasteiger partial charge is 0.257 e. The number of carbonyl (C=O) groups excluding carboxylic acids is 1. The number of amides is 1. The fraction of sp³-hybridized carbons (Fsp3) is 0.375. The maximum Gasteiger partial charge on any atom is 0.257 e. The topological polar surface area (TPSA) is 37.7 Å². The number of benzene rings is 1. The Labute approximate surface area is 181 Å². The van der Waals surface area contributed by atoms with E-state index in [2.05, 4.69) is 15.5 Å². The lowest BCUT2D eigenvalue weighted by molar-refractivity contribution is 0.0746. The summed E-state index contributed by atoms with van der Waals surface area (Å²) in [6, 6.07) is 12.2. The molecule has 0 spiro atoms. The van der Waals surface area contributed by atoms with Crippen LogP contribution < -0.4 is 9.64 Å². The standard InChI is InChI=1S/C24H27N3O2S/c1-29-20-10-4-3-9-19(20)25-14-16-26(17-15-25)23(28)22-18-8-2-5-11-21(18)30-24(22)27-12-6-7-13-27/h3-4,6-7,9-10,12-13H,2,5,8,11,14-17H2,1H3. The van der Waals surface area contributed by atoms with Crippen molar-refractivity contribution < 1.29 is 9.53 Å². The van der Waals surface area contributed by atoms with Crippen LogP contribution >= 0.6 is 11.3 Å². The number of piperazine rings is 1. The van der Waals surface area contributed by atoms with Gasteiger partial charge in [-0.15, -0.1) is 11.3 Å². The van der Waals surface area contributed by atoms with E-state index in [1.54, 1.807) is 18.4 Å². The molecule has 1 saturated heterocycles. The number of aryl methyl sites for hydroxylation is 1. The summed E-state index contributed by atoms with van der Waals surface area (Å²) >= 11 is 1.80. The van der Waals surface area contributed by atoms with Crippen LogP contribution in [-0.4, -0.2) is 48.7 Å². The largest absolute Gasteiger partial charge is 0.495 e. The third-order valence-electron chi connectivity index (χ3n) is 6.20. The van der Waals surface area contributed by atoms with Gasteiger partial charge in [0.1, 0.15) is 10.8 Å². The molecule has 1 fully saturated rings. The van der Waals surface area contributed by atoms with Crippen molar-refractivity contribution >= 4 is 22.9 Å². The van der Waals surface area contributed by atoms with Crippen molar-refractivity contribution in [1.29, 1.82) is 0 Å². The molecular weight excluding hydrogens is 394 g/mol. The lowest BCUT2D eigenvalue weighted by Gasteiger charge is -2.37. The summed E-state index contributed by atoms with van der Waals surface area (Å²) in [5, 5.41) is 1.09. The van der Waals surface area contributed by atoms with E-state index in [0.717, 1.165) is 61.0 Å². The van der Waals surface area contributed by atoms with Crippen molar-refractivity contribution in [3.63, 3.8) is 0 Å². The number of carbonyl (C=O) groups is 1.